The van der Waals surface area contributed by atoms with Crippen molar-refractivity contribution in [1.29, 1.82) is 5.26 Å². The molecule has 42 valence electrons. The van der Waals surface area contributed by atoms with Crippen LogP contribution in [0.3, 0.4) is 0 Å². The predicted octanol–water partition coefficient (Wildman–Crippen LogP) is 0.260. The molecule has 1 aliphatic carbocycles. The molecule has 2 nitrogen and oxygen atoms in total. The molecule has 1 unspecified atom stereocenters. The van der Waals surface area contributed by atoms with E-state index >= 15 is 0 Å². The molecule has 1 aliphatic heterocycles. The molecule has 1 N–H and O–H groups in total. The van der Waals surface area contributed by atoms with E-state index in [0.717, 1.165) is 18.4 Å². The fraction of sp³-hybridized carbons (Fsp3) is 0.833. The van der Waals surface area contributed by atoms with Gasteiger partial charge in [-0.15, -0.1) is 0 Å². The van der Waals surface area contributed by atoms with Gasteiger partial charge in [0.15, 0.2) is 0 Å². The van der Waals surface area contributed by atoms with Crippen LogP contribution < -0.4 is 5.32 Å². The standard InChI is InChI=1S/C6H8N2/c7-3-5-1-4-2-6(4)8-5/h4-6,8H,1-2H2/t4-,5+,6?/m1/s1. The first kappa shape index (κ1) is 4.34. The van der Waals surface area contributed by atoms with Crippen LogP contribution in [-0.4, -0.2) is 12.1 Å². The Bertz CT molecular complexity index is 137. The zero-order valence-electron chi connectivity index (χ0n) is 4.59. The Kier molecular flexibility index (Phi) is 0.671. The first-order valence-corrected chi connectivity index (χ1v) is 3.06. The van der Waals surface area contributed by atoms with Crippen LogP contribution in [-0.2, 0) is 0 Å². The second kappa shape index (κ2) is 1.24. The normalized spacial score (nSPS) is 50.1. The zero-order valence-corrected chi connectivity index (χ0v) is 4.59. The van der Waals surface area contributed by atoms with Crippen molar-refractivity contribution >= 4 is 0 Å². The second-order valence-electron chi connectivity index (χ2n) is 2.69. The number of nitrogens with one attached hydrogen (secondary N) is 1. The Morgan fingerprint density at radius 2 is 2.38 bits per heavy atom. The predicted molar refractivity (Wildman–Crippen MR) is 29.0 cm³/mol. The minimum atomic E-state index is 0.179. The van der Waals surface area contributed by atoms with Crippen LogP contribution in [0.25, 0.3) is 0 Å². The molecular weight excluding hydrogens is 100 g/mol. The van der Waals surface area contributed by atoms with Crippen LogP contribution in [0.1, 0.15) is 12.8 Å². The van der Waals surface area contributed by atoms with Gasteiger partial charge >= 0.3 is 0 Å². The summed E-state index contributed by atoms with van der Waals surface area (Å²) >= 11 is 0. The van der Waals surface area contributed by atoms with E-state index in [1.165, 1.54) is 6.42 Å². The third-order valence-electron chi connectivity index (χ3n) is 2.03. The number of fused-ring (bicyclic) bond motifs is 1. The fourth-order valence-corrected chi connectivity index (χ4v) is 1.43. The maximum atomic E-state index is 8.39. The van der Waals surface area contributed by atoms with Gasteiger partial charge in [-0.25, -0.2) is 0 Å². The van der Waals surface area contributed by atoms with Gasteiger partial charge in [0.1, 0.15) is 0 Å². The van der Waals surface area contributed by atoms with Crippen LogP contribution in [0.15, 0.2) is 0 Å². The molecule has 0 aromatic carbocycles. The number of piperidine rings is 1. The van der Waals surface area contributed by atoms with E-state index in [1.807, 2.05) is 0 Å². The smallest absolute Gasteiger partial charge is 0.0958 e. The summed E-state index contributed by atoms with van der Waals surface area (Å²) in [7, 11) is 0. The van der Waals surface area contributed by atoms with Gasteiger partial charge in [0.25, 0.3) is 0 Å². The van der Waals surface area contributed by atoms with Crippen molar-refractivity contribution < 1.29 is 0 Å². The lowest BCUT2D eigenvalue weighted by molar-refractivity contribution is 0.643. The van der Waals surface area contributed by atoms with Crippen molar-refractivity contribution in [3.63, 3.8) is 0 Å². The molecule has 8 heavy (non-hydrogen) atoms. The SMILES string of the molecule is N#C[C@@H]1C[C@@H]2CC2N1. The van der Waals surface area contributed by atoms with Crippen LogP contribution in [0, 0.1) is 17.2 Å². The third-order valence-corrected chi connectivity index (χ3v) is 2.03. The van der Waals surface area contributed by atoms with E-state index in [1.54, 1.807) is 0 Å². The average Bonchev–Trinajstić information content (AvgIpc) is 2.40. The first-order valence-electron chi connectivity index (χ1n) is 3.06. The molecule has 1 heterocycles. The van der Waals surface area contributed by atoms with Gasteiger partial charge in [0.2, 0.25) is 0 Å². The molecule has 1 saturated carbocycles. The van der Waals surface area contributed by atoms with Crippen molar-refractivity contribution in [1.82, 2.24) is 5.32 Å². The highest BCUT2D eigenvalue weighted by molar-refractivity contribution is 5.09. The van der Waals surface area contributed by atoms with Gasteiger partial charge in [-0.2, -0.15) is 5.26 Å². The molecule has 2 rings (SSSR count). The number of hydrogen-bond acceptors (Lipinski definition) is 2. The average molecular weight is 108 g/mol. The molecule has 0 spiro atoms. The van der Waals surface area contributed by atoms with Gasteiger partial charge in [0, 0.05) is 6.04 Å². The summed E-state index contributed by atoms with van der Waals surface area (Å²) in [4.78, 5) is 0. The largest absolute Gasteiger partial charge is 0.299 e. The van der Waals surface area contributed by atoms with Crippen LogP contribution in [0.4, 0.5) is 0 Å². The van der Waals surface area contributed by atoms with Gasteiger partial charge in [-0.3, -0.25) is 5.32 Å². The molecular formula is C6H8N2. The van der Waals surface area contributed by atoms with Gasteiger partial charge in [-0.05, 0) is 18.8 Å². The Morgan fingerprint density at radius 1 is 1.50 bits per heavy atom. The van der Waals surface area contributed by atoms with Crippen molar-refractivity contribution in [3.8, 4) is 6.07 Å². The van der Waals surface area contributed by atoms with Crippen LogP contribution in [0.2, 0.25) is 0 Å². The summed E-state index contributed by atoms with van der Waals surface area (Å²) < 4.78 is 0. The molecule has 2 fully saturated rings. The maximum absolute atomic E-state index is 8.39. The second-order valence-corrected chi connectivity index (χ2v) is 2.69. The highest BCUT2D eigenvalue weighted by Gasteiger charge is 2.45. The summed E-state index contributed by atoms with van der Waals surface area (Å²) in [6, 6.07) is 3.11. The van der Waals surface area contributed by atoms with E-state index in [-0.39, 0.29) is 6.04 Å². The number of hydrogen-bond donors (Lipinski definition) is 1. The van der Waals surface area contributed by atoms with Gasteiger partial charge < -0.3 is 0 Å². The first-order chi connectivity index (χ1) is 3.90. The summed E-state index contributed by atoms with van der Waals surface area (Å²) in [5, 5.41) is 11.6. The molecule has 2 heteroatoms. The number of nitrogens with zero attached hydrogens (tertiary/aromatic N) is 1. The number of nitriles is 1. The minimum Gasteiger partial charge on any atom is -0.299 e. The zero-order chi connectivity index (χ0) is 5.56. The number of rotatable bonds is 0. The summed E-state index contributed by atoms with van der Waals surface area (Å²) in [5.74, 6) is 0.861. The lowest BCUT2D eigenvalue weighted by Gasteiger charge is -1.98. The van der Waals surface area contributed by atoms with Crippen molar-refractivity contribution in [2.45, 2.75) is 24.9 Å². The van der Waals surface area contributed by atoms with Crippen molar-refractivity contribution in [3.05, 3.63) is 0 Å². The van der Waals surface area contributed by atoms with Crippen molar-refractivity contribution in [2.75, 3.05) is 0 Å². The Balaban J connectivity index is 2.01. The van der Waals surface area contributed by atoms with Gasteiger partial charge in [-0.1, -0.05) is 0 Å². The maximum Gasteiger partial charge on any atom is 0.0958 e. The highest BCUT2D eigenvalue weighted by Crippen LogP contribution is 2.40. The lowest BCUT2D eigenvalue weighted by Crippen LogP contribution is -2.23. The molecule has 0 amide bonds. The third kappa shape index (κ3) is 0.452. The Morgan fingerprint density at radius 3 is 2.75 bits per heavy atom. The van der Waals surface area contributed by atoms with E-state index in [9.17, 15) is 0 Å². The van der Waals surface area contributed by atoms with E-state index in [0.29, 0.717) is 0 Å². The Hall–Kier alpha value is -0.550. The van der Waals surface area contributed by atoms with E-state index in [4.69, 9.17) is 5.26 Å². The highest BCUT2D eigenvalue weighted by atomic mass is 15.0. The lowest BCUT2D eigenvalue weighted by atomic mass is 10.2. The molecule has 0 aromatic rings. The van der Waals surface area contributed by atoms with E-state index in [2.05, 4.69) is 11.4 Å². The van der Waals surface area contributed by atoms with E-state index < -0.39 is 0 Å². The van der Waals surface area contributed by atoms with Gasteiger partial charge in [0.05, 0.1) is 12.1 Å². The van der Waals surface area contributed by atoms with Crippen LogP contribution in [0.5, 0.6) is 0 Å². The summed E-state index contributed by atoms with van der Waals surface area (Å²) in [6.07, 6.45) is 2.42. The summed E-state index contributed by atoms with van der Waals surface area (Å²) in [6.45, 7) is 0. The summed E-state index contributed by atoms with van der Waals surface area (Å²) in [5.41, 5.74) is 0. The minimum absolute atomic E-state index is 0.179. The van der Waals surface area contributed by atoms with Crippen LogP contribution >= 0.6 is 0 Å². The fourth-order valence-electron chi connectivity index (χ4n) is 1.43. The molecule has 2 aliphatic rings. The molecule has 3 atom stereocenters. The Labute approximate surface area is 48.5 Å². The topological polar surface area (TPSA) is 35.8 Å². The molecule has 1 saturated heterocycles. The quantitative estimate of drug-likeness (QED) is 0.483. The monoisotopic (exact) mass is 108 g/mol. The van der Waals surface area contributed by atoms with Crippen molar-refractivity contribution in [2.24, 2.45) is 5.92 Å². The molecule has 0 bridgehead atoms. The molecule has 0 radical (unpaired) electrons. The molecule has 0 aromatic heterocycles.